The number of aliphatic carboxylic acids is 2. The number of para-hydroxylation sites is 1. The number of hydrogen-bond donors (Lipinski definition) is 3. The quantitative estimate of drug-likeness (QED) is 0.690. The highest BCUT2D eigenvalue weighted by Gasteiger charge is 2.22. The smallest absolute Gasteiger partial charge is 0.414 e. The summed E-state index contributed by atoms with van der Waals surface area (Å²) in [5, 5.41) is 19.0. The number of aryl methyl sites for hydroxylation is 1. The Balaban J connectivity index is 0.000000330. The lowest BCUT2D eigenvalue weighted by molar-refractivity contribution is -0.159. The lowest BCUT2D eigenvalue weighted by Gasteiger charge is -2.17. The number of fused-ring (bicyclic) bond motifs is 2. The van der Waals surface area contributed by atoms with Crippen LogP contribution in [0.3, 0.4) is 0 Å². The Kier molecular flexibility index (Phi) is 6.20. The van der Waals surface area contributed by atoms with Gasteiger partial charge >= 0.3 is 11.9 Å². The number of hydrogen-bond acceptors (Lipinski definition) is 5. The van der Waals surface area contributed by atoms with E-state index in [1.807, 2.05) is 18.2 Å². The molecule has 1 aliphatic carbocycles. The summed E-state index contributed by atoms with van der Waals surface area (Å²) in [5.41, 5.74) is 4.39. The minimum atomic E-state index is -1.82. The van der Waals surface area contributed by atoms with Crippen LogP contribution in [0.2, 0.25) is 0 Å². The molecule has 28 heavy (non-hydrogen) atoms. The summed E-state index contributed by atoms with van der Waals surface area (Å²) in [6.07, 6.45) is 5.59. The molecular formula is C20H23N3O5. The van der Waals surface area contributed by atoms with Crippen LogP contribution >= 0.6 is 0 Å². The molecule has 2 aromatic rings. The first-order valence-corrected chi connectivity index (χ1v) is 9.34. The van der Waals surface area contributed by atoms with Crippen molar-refractivity contribution in [3.63, 3.8) is 0 Å². The van der Waals surface area contributed by atoms with E-state index in [1.165, 1.54) is 18.4 Å². The fraction of sp³-hybridized carbons (Fsp3) is 0.400. The molecule has 0 unspecified atom stereocenters. The number of rotatable bonds is 3. The maximum atomic E-state index is 12.4. The molecule has 8 heteroatoms. The predicted molar refractivity (Wildman–Crippen MR) is 103 cm³/mol. The molecule has 1 saturated heterocycles. The maximum Gasteiger partial charge on any atom is 0.414 e. The zero-order valence-electron chi connectivity index (χ0n) is 15.5. The zero-order valence-corrected chi connectivity index (χ0v) is 15.5. The number of anilines is 1. The molecule has 0 spiro atoms. The average molecular weight is 385 g/mol. The summed E-state index contributed by atoms with van der Waals surface area (Å²) in [5.74, 6) is -3.54. The van der Waals surface area contributed by atoms with Crippen molar-refractivity contribution in [2.45, 2.75) is 32.1 Å². The Bertz CT molecular complexity index is 894. The molecule has 8 nitrogen and oxygen atoms in total. The van der Waals surface area contributed by atoms with Crippen molar-refractivity contribution < 1.29 is 24.6 Å². The van der Waals surface area contributed by atoms with Crippen molar-refractivity contribution in [2.24, 2.45) is 0 Å². The fourth-order valence-electron chi connectivity index (χ4n) is 3.68. The van der Waals surface area contributed by atoms with Crippen molar-refractivity contribution in [3.8, 4) is 0 Å². The van der Waals surface area contributed by atoms with Crippen LogP contribution < -0.4 is 5.32 Å². The van der Waals surface area contributed by atoms with E-state index < -0.39 is 11.9 Å². The third kappa shape index (κ3) is 4.64. The highest BCUT2D eigenvalue weighted by Crippen LogP contribution is 2.33. The van der Waals surface area contributed by atoms with Gasteiger partial charge in [-0.1, -0.05) is 18.2 Å². The Labute approximate surface area is 162 Å². The van der Waals surface area contributed by atoms with Gasteiger partial charge in [-0.2, -0.15) is 0 Å². The molecule has 1 aliphatic heterocycles. The fourth-order valence-corrected chi connectivity index (χ4v) is 3.68. The van der Waals surface area contributed by atoms with Crippen LogP contribution in [0.1, 0.15) is 30.5 Å². The van der Waals surface area contributed by atoms with Gasteiger partial charge in [0.15, 0.2) is 0 Å². The lowest BCUT2D eigenvalue weighted by Crippen LogP contribution is -2.31. The molecule has 4 rings (SSSR count). The summed E-state index contributed by atoms with van der Waals surface area (Å²) < 4.78 is 0. The van der Waals surface area contributed by atoms with Crippen molar-refractivity contribution in [3.05, 3.63) is 35.5 Å². The molecule has 0 bridgehead atoms. The van der Waals surface area contributed by atoms with Gasteiger partial charge < -0.3 is 15.5 Å². The SMILES string of the molecule is O=C(CN1CCCC1)Nc1c2c(nc3ccccc13)CCC2.O=C(O)C(=O)O. The average Bonchev–Trinajstić information content (AvgIpc) is 3.33. The molecule has 2 heterocycles. The summed E-state index contributed by atoms with van der Waals surface area (Å²) in [4.78, 5) is 37.6. The normalized spacial score (nSPS) is 15.6. The first-order valence-electron chi connectivity index (χ1n) is 9.34. The van der Waals surface area contributed by atoms with Gasteiger partial charge in [0.05, 0.1) is 17.7 Å². The molecule has 1 fully saturated rings. The molecule has 0 radical (unpaired) electrons. The number of amides is 1. The molecule has 148 valence electrons. The van der Waals surface area contributed by atoms with Crippen LogP contribution in [-0.4, -0.2) is 57.6 Å². The Hall–Kier alpha value is -3.00. The van der Waals surface area contributed by atoms with Gasteiger partial charge in [0.2, 0.25) is 5.91 Å². The van der Waals surface area contributed by atoms with Gasteiger partial charge in [0.25, 0.3) is 0 Å². The summed E-state index contributed by atoms with van der Waals surface area (Å²) in [6, 6.07) is 8.12. The van der Waals surface area contributed by atoms with E-state index in [9.17, 15) is 4.79 Å². The minimum Gasteiger partial charge on any atom is -0.473 e. The van der Waals surface area contributed by atoms with Crippen LogP contribution in [0.4, 0.5) is 5.69 Å². The number of likely N-dealkylation sites (tertiary alicyclic amines) is 1. The predicted octanol–water partition coefficient (Wildman–Crippen LogP) is 1.91. The number of carboxylic acids is 2. The molecule has 0 saturated carbocycles. The Morgan fingerprint density at radius 3 is 2.36 bits per heavy atom. The van der Waals surface area contributed by atoms with Crippen molar-refractivity contribution in [1.82, 2.24) is 9.88 Å². The van der Waals surface area contributed by atoms with E-state index >= 15 is 0 Å². The van der Waals surface area contributed by atoms with Crippen molar-refractivity contribution in [1.29, 1.82) is 0 Å². The van der Waals surface area contributed by atoms with Gasteiger partial charge in [-0.05, 0) is 56.8 Å². The number of pyridine rings is 1. The number of carbonyl (C=O) groups excluding carboxylic acids is 1. The van der Waals surface area contributed by atoms with Crippen LogP contribution in [0.5, 0.6) is 0 Å². The van der Waals surface area contributed by atoms with Crippen LogP contribution in [0.25, 0.3) is 10.9 Å². The summed E-state index contributed by atoms with van der Waals surface area (Å²) >= 11 is 0. The highest BCUT2D eigenvalue weighted by molar-refractivity contribution is 6.27. The summed E-state index contributed by atoms with van der Waals surface area (Å²) in [6.45, 7) is 2.59. The van der Waals surface area contributed by atoms with Crippen LogP contribution in [-0.2, 0) is 27.2 Å². The molecule has 1 aromatic heterocycles. The third-order valence-electron chi connectivity index (χ3n) is 4.93. The number of carboxylic acid groups (broad SMARTS) is 2. The number of nitrogens with one attached hydrogen (secondary N) is 1. The molecule has 1 aromatic carbocycles. The second kappa shape index (κ2) is 8.79. The van der Waals surface area contributed by atoms with E-state index in [0.29, 0.717) is 6.54 Å². The van der Waals surface area contributed by atoms with Gasteiger partial charge in [-0.3, -0.25) is 14.7 Å². The number of carbonyl (C=O) groups is 3. The van der Waals surface area contributed by atoms with Gasteiger partial charge in [0, 0.05) is 11.1 Å². The van der Waals surface area contributed by atoms with E-state index in [0.717, 1.165) is 54.6 Å². The van der Waals surface area contributed by atoms with E-state index in [-0.39, 0.29) is 5.91 Å². The topological polar surface area (TPSA) is 120 Å². The number of benzene rings is 1. The van der Waals surface area contributed by atoms with Gasteiger partial charge in [-0.15, -0.1) is 0 Å². The lowest BCUT2D eigenvalue weighted by atomic mass is 10.1. The number of aromatic nitrogens is 1. The maximum absolute atomic E-state index is 12.4. The standard InChI is InChI=1S/C18H21N3O.C2H2O4/c22-17(12-21-10-3-4-11-21)20-18-13-6-1-2-8-15(13)19-16-9-5-7-14(16)18;3-1(4)2(5)6/h1-2,6,8H,3-5,7,9-12H2,(H,19,20,22);(H,3,4)(H,5,6). The van der Waals surface area contributed by atoms with Crippen LogP contribution in [0, 0.1) is 0 Å². The third-order valence-corrected chi connectivity index (χ3v) is 4.93. The Morgan fingerprint density at radius 2 is 1.68 bits per heavy atom. The number of nitrogens with zero attached hydrogens (tertiary/aromatic N) is 2. The highest BCUT2D eigenvalue weighted by atomic mass is 16.4. The molecular weight excluding hydrogens is 362 g/mol. The molecule has 3 N–H and O–H groups in total. The van der Waals surface area contributed by atoms with E-state index in [2.05, 4.69) is 16.3 Å². The largest absolute Gasteiger partial charge is 0.473 e. The van der Waals surface area contributed by atoms with Gasteiger partial charge in [0.1, 0.15) is 0 Å². The van der Waals surface area contributed by atoms with E-state index in [1.54, 1.807) is 0 Å². The molecule has 1 amide bonds. The summed E-state index contributed by atoms with van der Waals surface area (Å²) in [7, 11) is 0. The van der Waals surface area contributed by atoms with Crippen molar-refractivity contribution >= 4 is 34.4 Å². The first kappa shape index (κ1) is 19.8. The minimum absolute atomic E-state index is 0.104. The van der Waals surface area contributed by atoms with Crippen molar-refractivity contribution in [2.75, 3.05) is 25.0 Å². The second-order valence-corrected chi connectivity index (χ2v) is 6.92. The zero-order chi connectivity index (χ0) is 20.1. The molecule has 2 aliphatic rings. The van der Waals surface area contributed by atoms with Crippen LogP contribution in [0.15, 0.2) is 24.3 Å². The van der Waals surface area contributed by atoms with Gasteiger partial charge in [-0.25, -0.2) is 9.59 Å². The first-order chi connectivity index (χ1) is 13.5. The Morgan fingerprint density at radius 1 is 1.00 bits per heavy atom. The van der Waals surface area contributed by atoms with E-state index in [4.69, 9.17) is 24.8 Å². The second-order valence-electron chi connectivity index (χ2n) is 6.92. The molecule has 0 atom stereocenters. The monoisotopic (exact) mass is 385 g/mol.